The van der Waals surface area contributed by atoms with Crippen LogP contribution >= 0.6 is 0 Å². The Morgan fingerprint density at radius 3 is 2.14 bits per heavy atom. The number of hydrogen-bond acceptors (Lipinski definition) is 4. The number of aliphatic carboxylic acids is 1. The van der Waals surface area contributed by atoms with Gasteiger partial charge in [0.2, 0.25) is 0 Å². The molecule has 0 saturated heterocycles. The molecule has 0 bridgehead atoms. The average molecular weight is 302 g/mol. The van der Waals surface area contributed by atoms with Crippen LogP contribution in [0.3, 0.4) is 0 Å². The largest absolute Gasteiger partial charge is 0.480 e. The predicted molar refractivity (Wildman–Crippen MR) is 77.9 cm³/mol. The van der Waals surface area contributed by atoms with E-state index in [1.54, 1.807) is 0 Å². The second kappa shape index (κ2) is 10.0. The first-order valence-corrected chi connectivity index (χ1v) is 7.12. The van der Waals surface area contributed by atoms with Crippen LogP contribution in [0.25, 0.3) is 0 Å². The van der Waals surface area contributed by atoms with Crippen molar-refractivity contribution in [2.75, 3.05) is 7.11 Å². The summed E-state index contributed by atoms with van der Waals surface area (Å²) in [5.74, 6) is -1.14. The highest BCUT2D eigenvalue weighted by Gasteiger charge is 2.21. The number of carbonyl (C=O) groups excluding carboxylic acids is 2. The Hall–Kier alpha value is -1.79. The normalized spacial score (nSPS) is 13.4. The Labute approximate surface area is 125 Å². The number of amides is 2. The van der Waals surface area contributed by atoms with E-state index in [1.165, 1.54) is 7.11 Å². The molecule has 0 rings (SSSR count). The summed E-state index contributed by atoms with van der Waals surface area (Å²) in [6, 6.07) is -1.69. The fourth-order valence-corrected chi connectivity index (χ4v) is 1.70. The molecule has 0 spiro atoms. The van der Waals surface area contributed by atoms with E-state index >= 15 is 0 Å². The summed E-state index contributed by atoms with van der Waals surface area (Å²) in [6.45, 7) is 6.06. The summed E-state index contributed by atoms with van der Waals surface area (Å²) < 4.78 is 4.44. The molecule has 0 aliphatic carbocycles. The molecule has 3 N–H and O–H groups in total. The van der Waals surface area contributed by atoms with Crippen molar-refractivity contribution in [2.24, 2.45) is 5.92 Å². The van der Waals surface area contributed by atoms with Crippen LogP contribution in [-0.2, 0) is 14.3 Å². The molecular weight excluding hydrogens is 276 g/mol. The SMILES string of the molecule is COC(=O)CC[C@@H](NC(=O)NC(C)CCC(C)C)C(=O)O. The lowest BCUT2D eigenvalue weighted by Crippen LogP contribution is -2.48. The van der Waals surface area contributed by atoms with Crippen molar-refractivity contribution in [3.63, 3.8) is 0 Å². The van der Waals surface area contributed by atoms with Crippen molar-refractivity contribution in [3.05, 3.63) is 0 Å². The monoisotopic (exact) mass is 302 g/mol. The van der Waals surface area contributed by atoms with Gasteiger partial charge in [0.05, 0.1) is 7.11 Å². The summed E-state index contributed by atoms with van der Waals surface area (Å²) in [5, 5.41) is 14.1. The lowest BCUT2D eigenvalue weighted by atomic mass is 10.0. The van der Waals surface area contributed by atoms with Crippen molar-refractivity contribution >= 4 is 18.0 Å². The molecule has 2 atom stereocenters. The molecule has 0 aliphatic heterocycles. The standard InChI is InChI=1S/C14H26N2O5/c1-9(2)5-6-10(3)15-14(20)16-11(13(18)19)7-8-12(17)21-4/h9-11H,5-8H2,1-4H3,(H,18,19)(H2,15,16,20)/t10?,11-/m1/s1. The molecule has 1 unspecified atom stereocenters. The first-order chi connectivity index (χ1) is 9.76. The van der Waals surface area contributed by atoms with Gasteiger partial charge < -0.3 is 20.5 Å². The number of urea groups is 1. The number of carboxylic acid groups (broad SMARTS) is 1. The van der Waals surface area contributed by atoms with Gasteiger partial charge in [-0.3, -0.25) is 4.79 Å². The van der Waals surface area contributed by atoms with Gasteiger partial charge in [-0.1, -0.05) is 13.8 Å². The van der Waals surface area contributed by atoms with Crippen LogP contribution in [0, 0.1) is 5.92 Å². The number of rotatable bonds is 9. The van der Waals surface area contributed by atoms with Crippen LogP contribution < -0.4 is 10.6 Å². The van der Waals surface area contributed by atoms with E-state index < -0.39 is 24.0 Å². The number of nitrogens with one attached hydrogen (secondary N) is 2. The molecule has 0 aromatic carbocycles. The minimum Gasteiger partial charge on any atom is -0.480 e. The lowest BCUT2D eigenvalue weighted by Gasteiger charge is -2.18. The highest BCUT2D eigenvalue weighted by atomic mass is 16.5. The minimum absolute atomic E-state index is 0.00416. The predicted octanol–water partition coefficient (Wildman–Crippen LogP) is 1.52. The molecule has 0 fully saturated rings. The van der Waals surface area contributed by atoms with Crippen LogP contribution in [0.1, 0.15) is 46.5 Å². The topological polar surface area (TPSA) is 105 Å². The lowest BCUT2D eigenvalue weighted by molar-refractivity contribution is -0.142. The first-order valence-electron chi connectivity index (χ1n) is 7.12. The second-order valence-corrected chi connectivity index (χ2v) is 5.50. The van der Waals surface area contributed by atoms with Gasteiger partial charge in [-0.2, -0.15) is 0 Å². The van der Waals surface area contributed by atoms with E-state index in [4.69, 9.17) is 5.11 Å². The molecule has 0 aliphatic rings. The molecule has 122 valence electrons. The second-order valence-electron chi connectivity index (χ2n) is 5.50. The van der Waals surface area contributed by atoms with E-state index in [-0.39, 0.29) is 18.9 Å². The van der Waals surface area contributed by atoms with Crippen molar-refractivity contribution < 1.29 is 24.2 Å². The fourth-order valence-electron chi connectivity index (χ4n) is 1.70. The van der Waals surface area contributed by atoms with Gasteiger partial charge >= 0.3 is 18.0 Å². The maximum Gasteiger partial charge on any atom is 0.326 e. The zero-order chi connectivity index (χ0) is 16.4. The van der Waals surface area contributed by atoms with Gasteiger partial charge in [0.25, 0.3) is 0 Å². The summed E-state index contributed by atoms with van der Waals surface area (Å²) in [6.07, 6.45) is 1.74. The van der Waals surface area contributed by atoms with Crippen molar-refractivity contribution in [1.29, 1.82) is 0 Å². The maximum absolute atomic E-state index is 11.7. The third kappa shape index (κ3) is 9.70. The molecule has 2 amide bonds. The molecule has 21 heavy (non-hydrogen) atoms. The Kier molecular flexibility index (Phi) is 9.16. The summed E-state index contributed by atoms with van der Waals surface area (Å²) >= 11 is 0. The van der Waals surface area contributed by atoms with E-state index in [0.29, 0.717) is 5.92 Å². The Morgan fingerprint density at radius 2 is 1.67 bits per heavy atom. The Balaban J connectivity index is 4.22. The van der Waals surface area contributed by atoms with E-state index in [0.717, 1.165) is 12.8 Å². The number of esters is 1. The number of carbonyl (C=O) groups is 3. The van der Waals surface area contributed by atoms with E-state index in [1.807, 2.05) is 6.92 Å². The van der Waals surface area contributed by atoms with Crippen LogP contribution in [-0.4, -0.2) is 42.3 Å². The third-order valence-corrected chi connectivity index (χ3v) is 3.02. The van der Waals surface area contributed by atoms with E-state index in [9.17, 15) is 14.4 Å². The van der Waals surface area contributed by atoms with Gasteiger partial charge in [-0.25, -0.2) is 9.59 Å². The fraction of sp³-hybridized carbons (Fsp3) is 0.786. The van der Waals surface area contributed by atoms with Gasteiger partial charge in [0.15, 0.2) is 0 Å². The molecular formula is C14H26N2O5. The quantitative estimate of drug-likeness (QED) is 0.560. The summed E-state index contributed by atoms with van der Waals surface area (Å²) in [5.41, 5.74) is 0. The number of hydrogen-bond donors (Lipinski definition) is 3. The number of carboxylic acids is 1. The van der Waals surface area contributed by atoms with Crippen molar-refractivity contribution in [1.82, 2.24) is 10.6 Å². The van der Waals surface area contributed by atoms with Crippen molar-refractivity contribution in [2.45, 2.75) is 58.5 Å². The van der Waals surface area contributed by atoms with Gasteiger partial charge in [0, 0.05) is 12.5 Å². The van der Waals surface area contributed by atoms with Gasteiger partial charge in [-0.05, 0) is 32.1 Å². The first kappa shape index (κ1) is 19.2. The maximum atomic E-state index is 11.7. The van der Waals surface area contributed by atoms with Crippen LogP contribution in [0.15, 0.2) is 0 Å². The Bertz CT molecular complexity index is 357. The highest BCUT2D eigenvalue weighted by Crippen LogP contribution is 2.06. The van der Waals surface area contributed by atoms with Crippen LogP contribution in [0.4, 0.5) is 4.79 Å². The molecule has 0 heterocycles. The van der Waals surface area contributed by atoms with Crippen LogP contribution in [0.5, 0.6) is 0 Å². The highest BCUT2D eigenvalue weighted by molar-refractivity contribution is 5.83. The molecule has 0 aromatic rings. The third-order valence-electron chi connectivity index (χ3n) is 3.02. The zero-order valence-electron chi connectivity index (χ0n) is 13.1. The molecule has 0 aromatic heterocycles. The van der Waals surface area contributed by atoms with Gasteiger partial charge in [-0.15, -0.1) is 0 Å². The van der Waals surface area contributed by atoms with Crippen LogP contribution in [0.2, 0.25) is 0 Å². The number of methoxy groups -OCH3 is 1. The van der Waals surface area contributed by atoms with Crippen molar-refractivity contribution in [3.8, 4) is 0 Å². The molecule has 7 heteroatoms. The Morgan fingerprint density at radius 1 is 1.05 bits per heavy atom. The zero-order valence-corrected chi connectivity index (χ0v) is 13.1. The smallest absolute Gasteiger partial charge is 0.326 e. The minimum atomic E-state index is -1.18. The molecule has 7 nitrogen and oxygen atoms in total. The number of ether oxygens (including phenoxy) is 1. The average Bonchev–Trinajstić information content (AvgIpc) is 2.40. The van der Waals surface area contributed by atoms with Gasteiger partial charge in [0.1, 0.15) is 6.04 Å². The molecule has 0 radical (unpaired) electrons. The summed E-state index contributed by atoms with van der Waals surface area (Å²) in [7, 11) is 1.23. The summed E-state index contributed by atoms with van der Waals surface area (Å²) in [4.78, 5) is 33.8. The molecule has 0 saturated carbocycles. The van der Waals surface area contributed by atoms with E-state index in [2.05, 4.69) is 29.2 Å².